The zero-order valence-electron chi connectivity index (χ0n) is 10.5. The monoisotopic (exact) mass is 321 g/mol. The fraction of sp³-hybridized carbons (Fsp3) is 0.357. The van der Waals surface area contributed by atoms with Crippen molar-refractivity contribution in [1.29, 1.82) is 0 Å². The van der Waals surface area contributed by atoms with Crippen LogP contribution < -0.4 is 5.32 Å². The van der Waals surface area contributed by atoms with Gasteiger partial charge in [0.1, 0.15) is 5.82 Å². The molecule has 5 heteroatoms. The lowest BCUT2D eigenvalue weighted by Crippen LogP contribution is -2.42. The van der Waals surface area contributed by atoms with Crippen molar-refractivity contribution in [2.24, 2.45) is 0 Å². The van der Waals surface area contributed by atoms with Gasteiger partial charge in [0.15, 0.2) is 0 Å². The van der Waals surface area contributed by atoms with Gasteiger partial charge in [0.05, 0.1) is 25.1 Å². The third kappa shape index (κ3) is 3.05. The number of hydrogen-bond acceptors (Lipinski definition) is 3. The third-order valence-electron chi connectivity index (χ3n) is 3.23. The number of imidazole rings is 1. The molecule has 100 valence electrons. The van der Waals surface area contributed by atoms with Crippen LogP contribution in [0.1, 0.15) is 5.82 Å². The maximum absolute atomic E-state index is 5.45. The normalized spacial score (nSPS) is 19.5. The van der Waals surface area contributed by atoms with E-state index in [1.807, 2.05) is 24.4 Å². The van der Waals surface area contributed by atoms with Crippen LogP contribution in [0.4, 0.5) is 0 Å². The van der Waals surface area contributed by atoms with Gasteiger partial charge in [0, 0.05) is 29.0 Å². The number of nitrogens with zero attached hydrogens (tertiary/aromatic N) is 1. The number of aromatic nitrogens is 2. The van der Waals surface area contributed by atoms with Crippen LogP contribution in [0.15, 0.2) is 34.9 Å². The molecule has 1 atom stereocenters. The second-order valence-electron chi connectivity index (χ2n) is 4.65. The molecule has 0 bridgehead atoms. The Morgan fingerprint density at radius 2 is 2.26 bits per heavy atom. The van der Waals surface area contributed by atoms with Crippen molar-refractivity contribution < 1.29 is 4.74 Å². The molecule has 2 aromatic rings. The molecule has 1 aromatic heterocycles. The number of hydrogen-bond donors (Lipinski definition) is 2. The molecule has 1 aliphatic rings. The van der Waals surface area contributed by atoms with Crippen LogP contribution in [0.25, 0.3) is 11.3 Å². The Bertz CT molecular complexity index is 549. The number of morpholine rings is 1. The molecule has 4 nitrogen and oxygen atoms in total. The van der Waals surface area contributed by atoms with E-state index >= 15 is 0 Å². The van der Waals surface area contributed by atoms with Crippen molar-refractivity contribution >= 4 is 15.9 Å². The molecule has 2 heterocycles. The first-order valence-corrected chi connectivity index (χ1v) is 7.22. The van der Waals surface area contributed by atoms with Gasteiger partial charge in [-0.2, -0.15) is 0 Å². The lowest BCUT2D eigenvalue weighted by Gasteiger charge is -2.22. The second-order valence-corrected chi connectivity index (χ2v) is 5.51. The highest BCUT2D eigenvalue weighted by Gasteiger charge is 2.15. The topological polar surface area (TPSA) is 49.9 Å². The summed E-state index contributed by atoms with van der Waals surface area (Å²) in [6.07, 6.45) is 2.75. The third-order valence-corrected chi connectivity index (χ3v) is 3.92. The Balaban J connectivity index is 1.74. The molecule has 2 N–H and O–H groups in total. The molecule has 1 aromatic carbocycles. The van der Waals surface area contributed by atoms with Crippen LogP contribution in [0, 0.1) is 0 Å². The van der Waals surface area contributed by atoms with E-state index in [-0.39, 0.29) is 0 Å². The van der Waals surface area contributed by atoms with Crippen molar-refractivity contribution in [2.45, 2.75) is 12.5 Å². The van der Waals surface area contributed by atoms with E-state index in [2.05, 4.69) is 37.3 Å². The van der Waals surface area contributed by atoms with Crippen LogP contribution in [-0.4, -0.2) is 35.8 Å². The second kappa shape index (κ2) is 5.86. The van der Waals surface area contributed by atoms with Crippen molar-refractivity contribution in [2.75, 3.05) is 19.8 Å². The highest BCUT2D eigenvalue weighted by molar-refractivity contribution is 9.10. The maximum atomic E-state index is 5.45. The summed E-state index contributed by atoms with van der Waals surface area (Å²) >= 11 is 3.56. The Morgan fingerprint density at radius 3 is 3.05 bits per heavy atom. The molecule has 0 radical (unpaired) electrons. The van der Waals surface area contributed by atoms with Crippen LogP contribution in [0.5, 0.6) is 0 Å². The van der Waals surface area contributed by atoms with Crippen LogP contribution in [0.2, 0.25) is 0 Å². The number of aromatic amines is 1. The first-order chi connectivity index (χ1) is 9.33. The predicted molar refractivity (Wildman–Crippen MR) is 78.0 cm³/mol. The maximum Gasteiger partial charge on any atom is 0.108 e. The highest BCUT2D eigenvalue weighted by Crippen LogP contribution is 2.26. The van der Waals surface area contributed by atoms with E-state index in [1.165, 1.54) is 0 Å². The average Bonchev–Trinajstić information content (AvgIpc) is 2.89. The van der Waals surface area contributed by atoms with E-state index in [4.69, 9.17) is 4.74 Å². The van der Waals surface area contributed by atoms with Gasteiger partial charge in [-0.3, -0.25) is 0 Å². The molecule has 1 unspecified atom stereocenters. The molecule has 0 saturated carbocycles. The van der Waals surface area contributed by atoms with Gasteiger partial charge in [-0.15, -0.1) is 0 Å². The van der Waals surface area contributed by atoms with Crippen molar-refractivity contribution in [3.63, 3.8) is 0 Å². The van der Waals surface area contributed by atoms with Gasteiger partial charge in [-0.05, 0) is 6.07 Å². The minimum absolute atomic E-state index is 0.354. The minimum Gasteiger partial charge on any atom is -0.379 e. The molecular weight excluding hydrogens is 306 g/mol. The quantitative estimate of drug-likeness (QED) is 0.912. The highest BCUT2D eigenvalue weighted by atomic mass is 79.9. The lowest BCUT2D eigenvalue weighted by molar-refractivity contribution is 0.0764. The van der Waals surface area contributed by atoms with Crippen LogP contribution in [-0.2, 0) is 11.2 Å². The van der Waals surface area contributed by atoms with Crippen LogP contribution >= 0.6 is 15.9 Å². The van der Waals surface area contributed by atoms with Gasteiger partial charge >= 0.3 is 0 Å². The molecule has 1 saturated heterocycles. The predicted octanol–water partition coefficient (Wildman–Crippen LogP) is 2.37. The number of nitrogens with one attached hydrogen (secondary N) is 2. The number of benzene rings is 1. The summed E-state index contributed by atoms with van der Waals surface area (Å²) in [5, 5.41) is 3.43. The summed E-state index contributed by atoms with van der Waals surface area (Å²) in [6, 6.07) is 8.49. The standard InChI is InChI=1S/C14H16BrN3O/c15-12-4-2-1-3-11(12)13-8-17-14(18-13)7-10-9-19-6-5-16-10/h1-4,8,10,16H,5-7,9H2,(H,17,18). The molecule has 0 amide bonds. The smallest absolute Gasteiger partial charge is 0.108 e. The molecule has 3 rings (SSSR count). The van der Waals surface area contributed by atoms with Gasteiger partial charge in [0.25, 0.3) is 0 Å². The largest absolute Gasteiger partial charge is 0.379 e. The molecule has 19 heavy (non-hydrogen) atoms. The van der Waals surface area contributed by atoms with Gasteiger partial charge in [-0.1, -0.05) is 34.1 Å². The van der Waals surface area contributed by atoms with E-state index in [9.17, 15) is 0 Å². The summed E-state index contributed by atoms with van der Waals surface area (Å²) in [5.41, 5.74) is 2.17. The molecule has 0 aliphatic carbocycles. The number of rotatable bonds is 3. The van der Waals surface area contributed by atoms with Gasteiger partial charge in [-0.25, -0.2) is 4.98 Å². The number of H-pyrrole nitrogens is 1. The first kappa shape index (κ1) is 12.8. The summed E-state index contributed by atoms with van der Waals surface area (Å²) in [6.45, 7) is 2.48. The zero-order valence-corrected chi connectivity index (χ0v) is 12.1. The molecule has 1 aliphatic heterocycles. The van der Waals surface area contributed by atoms with E-state index < -0.39 is 0 Å². The lowest BCUT2D eigenvalue weighted by atomic mass is 10.2. The molecule has 1 fully saturated rings. The molecular formula is C14H16BrN3O. The number of halogens is 1. The minimum atomic E-state index is 0.354. The zero-order chi connectivity index (χ0) is 13.1. The van der Waals surface area contributed by atoms with Crippen molar-refractivity contribution in [3.05, 3.63) is 40.8 Å². The average molecular weight is 322 g/mol. The Labute approximate surface area is 120 Å². The fourth-order valence-electron chi connectivity index (χ4n) is 2.27. The summed E-state index contributed by atoms with van der Waals surface area (Å²) in [7, 11) is 0. The summed E-state index contributed by atoms with van der Waals surface area (Å²) in [4.78, 5) is 7.84. The fourth-order valence-corrected chi connectivity index (χ4v) is 2.77. The summed E-state index contributed by atoms with van der Waals surface area (Å²) < 4.78 is 6.53. The Kier molecular flexibility index (Phi) is 3.96. The van der Waals surface area contributed by atoms with Gasteiger partial charge in [0.2, 0.25) is 0 Å². The summed E-state index contributed by atoms with van der Waals surface area (Å²) in [5.74, 6) is 0.994. The van der Waals surface area contributed by atoms with E-state index in [1.54, 1.807) is 0 Å². The van der Waals surface area contributed by atoms with Gasteiger partial charge < -0.3 is 15.0 Å². The first-order valence-electron chi connectivity index (χ1n) is 6.43. The Hall–Kier alpha value is -1.17. The molecule has 0 spiro atoms. The SMILES string of the molecule is Brc1ccccc1-c1cnc(CC2COCCN2)[nH]1. The Morgan fingerprint density at radius 1 is 1.37 bits per heavy atom. The van der Waals surface area contributed by atoms with E-state index in [0.717, 1.165) is 47.7 Å². The van der Waals surface area contributed by atoms with E-state index in [0.29, 0.717) is 6.04 Å². The number of ether oxygens (including phenoxy) is 1. The van der Waals surface area contributed by atoms with Crippen molar-refractivity contribution in [1.82, 2.24) is 15.3 Å². The van der Waals surface area contributed by atoms with Crippen molar-refractivity contribution in [3.8, 4) is 11.3 Å². The van der Waals surface area contributed by atoms with Crippen LogP contribution in [0.3, 0.4) is 0 Å².